The van der Waals surface area contributed by atoms with Crippen LogP contribution in [-0.2, 0) is 0 Å². The molecule has 2 N–H and O–H groups in total. The molecule has 0 amide bonds. The van der Waals surface area contributed by atoms with Crippen LogP contribution in [-0.4, -0.2) is 6.54 Å². The molecule has 0 aliphatic heterocycles. The van der Waals surface area contributed by atoms with Crippen molar-refractivity contribution in [2.24, 2.45) is 5.73 Å². The molecule has 0 radical (unpaired) electrons. The van der Waals surface area contributed by atoms with Crippen molar-refractivity contribution >= 4 is 0 Å². The van der Waals surface area contributed by atoms with E-state index in [1.165, 1.54) is 64.2 Å². The van der Waals surface area contributed by atoms with Gasteiger partial charge in [0.15, 0.2) is 0 Å². The van der Waals surface area contributed by atoms with Gasteiger partial charge in [0.1, 0.15) is 0 Å². The van der Waals surface area contributed by atoms with E-state index in [0.29, 0.717) is 0 Å². The molecule has 0 aliphatic carbocycles. The van der Waals surface area contributed by atoms with E-state index in [0.717, 1.165) is 6.54 Å². The molecular weight excluding hydrogens is 182 g/mol. The van der Waals surface area contributed by atoms with Crippen LogP contribution < -0.4 is 5.73 Å². The largest absolute Gasteiger partial charge is 0.330 e. The van der Waals surface area contributed by atoms with Crippen molar-refractivity contribution in [3.05, 3.63) is 12.2 Å². The fourth-order valence-electron chi connectivity index (χ4n) is 1.68. The first-order chi connectivity index (χ1) is 7.41. The summed E-state index contributed by atoms with van der Waals surface area (Å²) in [5, 5.41) is 0. The Morgan fingerprint density at radius 1 is 0.733 bits per heavy atom. The molecule has 0 saturated heterocycles. The van der Waals surface area contributed by atoms with Crippen LogP contribution in [0.15, 0.2) is 12.2 Å². The van der Waals surface area contributed by atoms with E-state index in [-0.39, 0.29) is 0 Å². The summed E-state index contributed by atoms with van der Waals surface area (Å²) in [6, 6.07) is 0. The molecule has 0 aromatic carbocycles. The monoisotopic (exact) mass is 211 g/mol. The second-order valence-corrected chi connectivity index (χ2v) is 4.31. The smallest absolute Gasteiger partial charge is 0.00772 e. The van der Waals surface area contributed by atoms with Gasteiger partial charge < -0.3 is 5.73 Å². The van der Waals surface area contributed by atoms with Crippen molar-refractivity contribution in [3.63, 3.8) is 0 Å². The first-order valence-electron chi connectivity index (χ1n) is 6.77. The number of allylic oxidation sites excluding steroid dienone is 2. The lowest BCUT2D eigenvalue weighted by atomic mass is 10.1. The predicted octanol–water partition coefficient (Wildman–Crippen LogP) is 4.42. The fourth-order valence-corrected chi connectivity index (χ4v) is 1.68. The Bertz CT molecular complexity index is 129. The quantitative estimate of drug-likeness (QED) is 0.397. The van der Waals surface area contributed by atoms with Crippen molar-refractivity contribution in [2.75, 3.05) is 6.54 Å². The third-order valence-corrected chi connectivity index (χ3v) is 2.72. The Morgan fingerprint density at radius 3 is 1.87 bits per heavy atom. The molecular formula is C14H29N. The van der Waals surface area contributed by atoms with Gasteiger partial charge in [-0.15, -0.1) is 0 Å². The fraction of sp³-hybridized carbons (Fsp3) is 0.857. The third-order valence-electron chi connectivity index (χ3n) is 2.72. The molecule has 1 nitrogen and oxygen atoms in total. The van der Waals surface area contributed by atoms with Crippen molar-refractivity contribution in [3.8, 4) is 0 Å². The summed E-state index contributed by atoms with van der Waals surface area (Å²) in [6.45, 7) is 3.11. The Hall–Kier alpha value is -0.300. The van der Waals surface area contributed by atoms with Crippen LogP contribution in [0.2, 0.25) is 0 Å². The maximum atomic E-state index is 5.42. The Kier molecular flexibility index (Phi) is 13.4. The molecule has 0 bridgehead atoms. The summed E-state index contributed by atoms with van der Waals surface area (Å²) >= 11 is 0. The minimum atomic E-state index is 0.839. The highest BCUT2D eigenvalue weighted by molar-refractivity contribution is 4.81. The number of unbranched alkanes of at least 4 members (excludes halogenated alkanes) is 8. The standard InChI is InChI=1S/C14H29N/c1-2-3-4-5-6-7-8-9-10-11-12-13-14-15/h9-10H,2-8,11-15H2,1H3. The van der Waals surface area contributed by atoms with Crippen molar-refractivity contribution in [1.29, 1.82) is 0 Å². The van der Waals surface area contributed by atoms with Gasteiger partial charge >= 0.3 is 0 Å². The Balaban J connectivity index is 2.96. The van der Waals surface area contributed by atoms with Crippen molar-refractivity contribution in [2.45, 2.75) is 71.1 Å². The van der Waals surface area contributed by atoms with Crippen molar-refractivity contribution in [1.82, 2.24) is 0 Å². The first kappa shape index (κ1) is 14.7. The highest BCUT2D eigenvalue weighted by Crippen LogP contribution is 2.07. The molecule has 0 aromatic rings. The van der Waals surface area contributed by atoms with Gasteiger partial charge in [0.25, 0.3) is 0 Å². The molecule has 0 spiro atoms. The van der Waals surface area contributed by atoms with Gasteiger partial charge in [0.2, 0.25) is 0 Å². The van der Waals surface area contributed by atoms with Gasteiger partial charge in [0, 0.05) is 0 Å². The highest BCUT2D eigenvalue weighted by Gasteiger charge is 1.88. The molecule has 0 saturated carbocycles. The molecule has 0 aromatic heterocycles. The topological polar surface area (TPSA) is 26.0 Å². The van der Waals surface area contributed by atoms with E-state index < -0.39 is 0 Å². The number of nitrogens with two attached hydrogens (primary N) is 1. The summed E-state index contributed by atoms with van der Waals surface area (Å²) in [6.07, 6.45) is 18.0. The number of rotatable bonds is 11. The second kappa shape index (κ2) is 13.7. The zero-order valence-corrected chi connectivity index (χ0v) is 10.5. The van der Waals surface area contributed by atoms with Crippen molar-refractivity contribution < 1.29 is 0 Å². The maximum absolute atomic E-state index is 5.42. The van der Waals surface area contributed by atoms with E-state index >= 15 is 0 Å². The summed E-state index contributed by atoms with van der Waals surface area (Å²) in [7, 11) is 0. The zero-order chi connectivity index (χ0) is 11.2. The lowest BCUT2D eigenvalue weighted by Crippen LogP contribution is -1.96. The lowest BCUT2D eigenvalue weighted by molar-refractivity contribution is 0.611. The van der Waals surface area contributed by atoms with Crippen LogP contribution in [0.4, 0.5) is 0 Å². The molecule has 90 valence electrons. The molecule has 1 heteroatoms. The third kappa shape index (κ3) is 13.7. The Morgan fingerprint density at radius 2 is 1.27 bits per heavy atom. The summed E-state index contributed by atoms with van der Waals surface area (Å²) in [5.41, 5.74) is 5.42. The van der Waals surface area contributed by atoms with Gasteiger partial charge in [-0.2, -0.15) is 0 Å². The SMILES string of the molecule is CCCCCCCCC=CCCCCN. The summed E-state index contributed by atoms with van der Waals surface area (Å²) in [4.78, 5) is 0. The van der Waals surface area contributed by atoms with Gasteiger partial charge in [0.05, 0.1) is 0 Å². The van der Waals surface area contributed by atoms with Crippen LogP contribution in [0.1, 0.15) is 71.1 Å². The minimum Gasteiger partial charge on any atom is -0.330 e. The van der Waals surface area contributed by atoms with E-state index in [1.807, 2.05) is 0 Å². The average molecular weight is 211 g/mol. The van der Waals surface area contributed by atoms with E-state index in [2.05, 4.69) is 19.1 Å². The van der Waals surface area contributed by atoms with Gasteiger partial charge in [-0.1, -0.05) is 51.2 Å². The van der Waals surface area contributed by atoms with Gasteiger partial charge in [-0.3, -0.25) is 0 Å². The molecule has 0 rings (SSSR count). The average Bonchev–Trinajstić information content (AvgIpc) is 2.26. The van der Waals surface area contributed by atoms with Crippen LogP contribution in [0.3, 0.4) is 0 Å². The second-order valence-electron chi connectivity index (χ2n) is 4.31. The first-order valence-corrected chi connectivity index (χ1v) is 6.77. The molecule has 0 unspecified atom stereocenters. The molecule has 15 heavy (non-hydrogen) atoms. The van der Waals surface area contributed by atoms with E-state index in [1.54, 1.807) is 0 Å². The zero-order valence-electron chi connectivity index (χ0n) is 10.5. The van der Waals surface area contributed by atoms with Crippen LogP contribution in [0.25, 0.3) is 0 Å². The molecule has 0 aliphatic rings. The highest BCUT2D eigenvalue weighted by atomic mass is 14.5. The molecule has 0 heterocycles. The minimum absolute atomic E-state index is 0.839. The van der Waals surface area contributed by atoms with Crippen LogP contribution in [0, 0.1) is 0 Å². The van der Waals surface area contributed by atoms with Gasteiger partial charge in [-0.25, -0.2) is 0 Å². The summed E-state index contributed by atoms with van der Waals surface area (Å²) in [5.74, 6) is 0. The number of hydrogen-bond donors (Lipinski definition) is 1. The van der Waals surface area contributed by atoms with Crippen LogP contribution in [0.5, 0.6) is 0 Å². The maximum Gasteiger partial charge on any atom is -0.00772 e. The van der Waals surface area contributed by atoms with Crippen LogP contribution >= 0.6 is 0 Å². The summed E-state index contributed by atoms with van der Waals surface area (Å²) < 4.78 is 0. The molecule has 0 atom stereocenters. The van der Waals surface area contributed by atoms with Gasteiger partial charge in [-0.05, 0) is 38.6 Å². The Labute approximate surface area is 96.1 Å². The lowest BCUT2D eigenvalue weighted by Gasteiger charge is -1.97. The normalized spacial score (nSPS) is 11.3. The number of hydrogen-bond acceptors (Lipinski definition) is 1. The van der Waals surface area contributed by atoms with E-state index in [4.69, 9.17) is 5.73 Å². The predicted molar refractivity (Wildman–Crippen MR) is 70.0 cm³/mol. The molecule has 0 fully saturated rings. The van der Waals surface area contributed by atoms with E-state index in [9.17, 15) is 0 Å².